The molecule has 4 nitrogen and oxygen atoms in total. The summed E-state index contributed by atoms with van der Waals surface area (Å²) in [5, 5.41) is 0. The summed E-state index contributed by atoms with van der Waals surface area (Å²) >= 11 is 0. The van der Waals surface area contributed by atoms with Crippen LogP contribution in [0.25, 0.3) is 0 Å². The quantitative estimate of drug-likeness (QED) is 0.600. The lowest BCUT2D eigenvalue weighted by Gasteiger charge is -2.34. The van der Waals surface area contributed by atoms with E-state index < -0.39 is 25.5 Å². The number of phosphoric acid groups is 1. The minimum atomic E-state index is -5.95. The molecule has 0 aliphatic carbocycles. The molecule has 0 radical (unpaired) electrons. The van der Waals surface area contributed by atoms with E-state index in [1.54, 1.807) is 0 Å². The highest BCUT2D eigenvalue weighted by atomic mass is 31.2. The van der Waals surface area contributed by atoms with Gasteiger partial charge >= 0.3 is 19.9 Å². The summed E-state index contributed by atoms with van der Waals surface area (Å²) in [7, 11) is -5.43. The Balaban J connectivity index is 5.12. The second-order valence-corrected chi connectivity index (χ2v) is 4.33. The molecule has 0 heterocycles. The van der Waals surface area contributed by atoms with E-state index in [0.29, 0.717) is 0 Å². The van der Waals surface area contributed by atoms with Gasteiger partial charge < -0.3 is 9.79 Å². The van der Waals surface area contributed by atoms with Crippen molar-refractivity contribution in [1.29, 1.82) is 0 Å². The number of alkyl halides is 5. The minimum absolute atomic E-state index is 0.236. The van der Waals surface area contributed by atoms with Gasteiger partial charge in [0.1, 0.15) is 5.60 Å². The van der Waals surface area contributed by atoms with E-state index in [2.05, 4.69) is 4.52 Å². The molecule has 0 bridgehead atoms. The van der Waals surface area contributed by atoms with Crippen LogP contribution in [0.1, 0.15) is 13.8 Å². The molecule has 15 heavy (non-hydrogen) atoms. The minimum Gasteiger partial charge on any atom is -0.303 e. The van der Waals surface area contributed by atoms with Gasteiger partial charge in [0.15, 0.2) is 0 Å². The predicted octanol–water partition coefficient (Wildman–Crippen LogP) is 2.07. The third-order valence-corrected chi connectivity index (χ3v) is 2.15. The summed E-state index contributed by atoms with van der Waals surface area (Å²) in [5.74, 6) is -5.37. The van der Waals surface area contributed by atoms with Crippen molar-refractivity contribution in [1.82, 2.24) is 0 Å². The van der Waals surface area contributed by atoms with Gasteiger partial charge in [0.05, 0.1) is 0 Å². The van der Waals surface area contributed by atoms with Gasteiger partial charge in [-0.1, -0.05) is 0 Å². The van der Waals surface area contributed by atoms with Gasteiger partial charge in [0.25, 0.3) is 0 Å². The zero-order chi connectivity index (χ0) is 12.7. The van der Waals surface area contributed by atoms with E-state index in [9.17, 15) is 26.5 Å². The second kappa shape index (κ2) is 3.65. The summed E-state index contributed by atoms with van der Waals surface area (Å²) in [4.78, 5) is 16.3. The number of hydrogen-bond donors (Lipinski definition) is 2. The lowest BCUT2D eigenvalue weighted by molar-refractivity contribution is -0.330. The molecule has 0 amide bonds. The van der Waals surface area contributed by atoms with Crippen LogP contribution in [-0.2, 0) is 9.09 Å². The topological polar surface area (TPSA) is 66.8 Å². The number of phosphoric ester groups is 1. The fourth-order valence-corrected chi connectivity index (χ4v) is 1.41. The Labute approximate surface area is 81.3 Å². The molecule has 0 aromatic rings. The summed E-state index contributed by atoms with van der Waals surface area (Å²) in [5.41, 5.74) is -3.36. The third-order valence-electron chi connectivity index (χ3n) is 1.46. The lowest BCUT2D eigenvalue weighted by atomic mass is 10.0. The summed E-state index contributed by atoms with van der Waals surface area (Å²) < 4.78 is 74.4. The first-order valence-electron chi connectivity index (χ1n) is 3.41. The van der Waals surface area contributed by atoms with Crippen molar-refractivity contribution in [3.63, 3.8) is 0 Å². The molecule has 0 fully saturated rings. The number of halogens is 5. The van der Waals surface area contributed by atoms with Crippen LogP contribution in [0, 0.1) is 0 Å². The van der Waals surface area contributed by atoms with Gasteiger partial charge in [-0.2, -0.15) is 22.0 Å². The molecule has 0 aromatic carbocycles. The fourth-order valence-electron chi connectivity index (χ4n) is 0.696. The Hall–Kier alpha value is -0.240. The van der Waals surface area contributed by atoms with E-state index in [0.717, 1.165) is 0 Å². The first-order valence-corrected chi connectivity index (χ1v) is 4.94. The van der Waals surface area contributed by atoms with Crippen LogP contribution < -0.4 is 0 Å². The molecule has 0 aliphatic rings. The van der Waals surface area contributed by atoms with Crippen molar-refractivity contribution >= 4 is 7.82 Å². The fraction of sp³-hybridized carbons (Fsp3) is 1.00. The SMILES string of the molecule is CC(C)(OP(=O)(O)O)C(F)(F)C(F)(F)F. The van der Waals surface area contributed by atoms with Crippen LogP contribution in [-0.4, -0.2) is 27.5 Å². The molecule has 0 saturated heterocycles. The average Bonchev–Trinajstić information content (AvgIpc) is 1.77. The maximum atomic E-state index is 12.6. The van der Waals surface area contributed by atoms with E-state index in [-0.39, 0.29) is 13.8 Å². The predicted molar refractivity (Wildman–Crippen MR) is 38.2 cm³/mol. The summed E-state index contributed by atoms with van der Waals surface area (Å²) in [6.07, 6.45) is -5.95. The molecular formula is C5H8F5O4P. The van der Waals surface area contributed by atoms with Crippen LogP contribution in [0.4, 0.5) is 22.0 Å². The summed E-state index contributed by atoms with van der Waals surface area (Å²) in [6.45, 7) is 0.471. The standard InChI is InChI=1S/C5H8F5O4P/c1-3(2,14-15(11,12)13)4(6,7)5(8,9)10/h1-2H3,(H2,11,12,13). The maximum absolute atomic E-state index is 12.6. The normalized spacial score (nSPS) is 15.5. The molecule has 92 valence electrons. The lowest BCUT2D eigenvalue weighted by Crippen LogP contribution is -2.54. The highest BCUT2D eigenvalue weighted by molar-refractivity contribution is 7.46. The Morgan fingerprint density at radius 2 is 1.40 bits per heavy atom. The molecule has 0 spiro atoms. The molecule has 10 heteroatoms. The molecule has 0 atom stereocenters. The van der Waals surface area contributed by atoms with Gasteiger partial charge in [0.2, 0.25) is 0 Å². The Morgan fingerprint density at radius 3 is 1.60 bits per heavy atom. The highest BCUT2D eigenvalue weighted by Gasteiger charge is 2.68. The van der Waals surface area contributed by atoms with E-state index in [1.165, 1.54) is 0 Å². The zero-order valence-electron chi connectivity index (χ0n) is 7.55. The van der Waals surface area contributed by atoms with Crippen molar-refractivity contribution in [2.45, 2.75) is 31.5 Å². The molecule has 0 aliphatic heterocycles. The van der Waals surface area contributed by atoms with E-state index in [4.69, 9.17) is 9.79 Å². The van der Waals surface area contributed by atoms with Crippen molar-refractivity contribution < 1.29 is 40.8 Å². The largest absolute Gasteiger partial charge is 0.470 e. The van der Waals surface area contributed by atoms with Crippen molar-refractivity contribution in [2.75, 3.05) is 0 Å². The Morgan fingerprint density at radius 1 is 1.07 bits per heavy atom. The van der Waals surface area contributed by atoms with E-state index in [1.807, 2.05) is 0 Å². The first kappa shape index (κ1) is 14.8. The highest BCUT2D eigenvalue weighted by Crippen LogP contribution is 2.51. The van der Waals surface area contributed by atoms with Crippen LogP contribution in [0.3, 0.4) is 0 Å². The van der Waals surface area contributed by atoms with Crippen molar-refractivity contribution in [3.8, 4) is 0 Å². The molecule has 0 rings (SSSR count). The third kappa shape index (κ3) is 3.37. The number of rotatable bonds is 3. The van der Waals surface area contributed by atoms with Crippen molar-refractivity contribution in [3.05, 3.63) is 0 Å². The van der Waals surface area contributed by atoms with Gasteiger partial charge in [-0.25, -0.2) is 4.57 Å². The van der Waals surface area contributed by atoms with Crippen LogP contribution in [0.2, 0.25) is 0 Å². The van der Waals surface area contributed by atoms with Crippen molar-refractivity contribution in [2.24, 2.45) is 0 Å². The van der Waals surface area contributed by atoms with Crippen LogP contribution >= 0.6 is 7.82 Å². The van der Waals surface area contributed by atoms with E-state index >= 15 is 0 Å². The van der Waals surface area contributed by atoms with Gasteiger partial charge in [-0.15, -0.1) is 0 Å². The van der Waals surface area contributed by atoms with Crippen LogP contribution in [0.5, 0.6) is 0 Å². The summed E-state index contributed by atoms with van der Waals surface area (Å²) in [6, 6.07) is 0. The average molecular weight is 258 g/mol. The molecule has 2 N–H and O–H groups in total. The first-order chi connectivity index (χ1) is 6.21. The van der Waals surface area contributed by atoms with Gasteiger partial charge in [-0.3, -0.25) is 4.52 Å². The smallest absolute Gasteiger partial charge is 0.303 e. The number of hydrogen-bond acceptors (Lipinski definition) is 2. The van der Waals surface area contributed by atoms with Gasteiger partial charge in [-0.05, 0) is 13.8 Å². The maximum Gasteiger partial charge on any atom is 0.470 e. The molecule has 0 aromatic heterocycles. The Bertz CT molecular complexity index is 280. The molecular weight excluding hydrogens is 250 g/mol. The molecule has 0 saturated carbocycles. The second-order valence-electron chi connectivity index (χ2n) is 3.16. The Kier molecular flexibility index (Phi) is 3.60. The zero-order valence-corrected chi connectivity index (χ0v) is 8.44. The monoisotopic (exact) mass is 258 g/mol. The van der Waals surface area contributed by atoms with Crippen LogP contribution in [0.15, 0.2) is 0 Å². The van der Waals surface area contributed by atoms with Gasteiger partial charge in [0, 0.05) is 0 Å². The molecule has 0 unspecified atom stereocenters.